The van der Waals surface area contributed by atoms with Gasteiger partial charge in [-0.3, -0.25) is 4.79 Å². The van der Waals surface area contributed by atoms with Crippen LogP contribution in [-0.4, -0.2) is 24.7 Å². The zero-order chi connectivity index (χ0) is 13.7. The van der Waals surface area contributed by atoms with Gasteiger partial charge in [0, 0.05) is 19.2 Å². The summed E-state index contributed by atoms with van der Waals surface area (Å²) in [7, 11) is 0. The molecule has 1 amide bonds. The molecule has 0 bridgehead atoms. The third-order valence-electron chi connectivity index (χ3n) is 3.67. The Bertz CT molecular complexity index is 413. The largest absolute Gasteiger partial charge is 0.365 e. The maximum absolute atomic E-state index is 12.0. The molecule has 1 aliphatic rings. The number of carbonyl (C=O) groups is 1. The van der Waals surface area contributed by atoms with Crippen molar-refractivity contribution in [1.82, 2.24) is 5.32 Å². The van der Waals surface area contributed by atoms with E-state index in [0.717, 1.165) is 24.8 Å². The number of carbonyl (C=O) groups excluding carboxylic acids is 1. The number of hydrogen-bond donors (Lipinski definition) is 2. The summed E-state index contributed by atoms with van der Waals surface area (Å²) < 4.78 is 5.50. The van der Waals surface area contributed by atoms with E-state index in [9.17, 15) is 4.79 Å². The van der Waals surface area contributed by atoms with Gasteiger partial charge in [-0.25, -0.2) is 0 Å². The highest BCUT2D eigenvalue weighted by atomic mass is 16.5. The summed E-state index contributed by atoms with van der Waals surface area (Å²) in [6.07, 6.45) is 2.48. The van der Waals surface area contributed by atoms with Crippen molar-refractivity contribution >= 4 is 5.91 Å². The Labute approximate surface area is 114 Å². The zero-order valence-corrected chi connectivity index (χ0v) is 11.4. The van der Waals surface area contributed by atoms with Crippen LogP contribution < -0.4 is 11.1 Å². The predicted molar refractivity (Wildman–Crippen MR) is 74.6 cm³/mol. The maximum atomic E-state index is 12.0. The van der Waals surface area contributed by atoms with Gasteiger partial charge in [-0.2, -0.15) is 0 Å². The Hall–Kier alpha value is -1.39. The number of amides is 1. The third-order valence-corrected chi connectivity index (χ3v) is 3.67. The maximum Gasteiger partial charge on any atom is 0.251 e. The summed E-state index contributed by atoms with van der Waals surface area (Å²) in [4.78, 5) is 12.0. The van der Waals surface area contributed by atoms with Gasteiger partial charge in [0.1, 0.15) is 5.60 Å². The lowest BCUT2D eigenvalue weighted by Gasteiger charge is -2.22. The van der Waals surface area contributed by atoms with E-state index in [1.54, 1.807) is 0 Å². The average Bonchev–Trinajstić information content (AvgIpc) is 2.88. The molecule has 0 spiro atoms. The minimum atomic E-state index is -0.642. The van der Waals surface area contributed by atoms with Gasteiger partial charge in [-0.15, -0.1) is 0 Å². The van der Waals surface area contributed by atoms with Crippen LogP contribution in [0.2, 0.25) is 0 Å². The second-order valence-corrected chi connectivity index (χ2v) is 5.24. The predicted octanol–water partition coefficient (Wildman–Crippen LogP) is 1.76. The van der Waals surface area contributed by atoms with Gasteiger partial charge >= 0.3 is 0 Å². The molecule has 0 aromatic heterocycles. The van der Waals surface area contributed by atoms with Gasteiger partial charge in [-0.05, 0) is 31.7 Å². The van der Waals surface area contributed by atoms with Gasteiger partial charge in [0.25, 0.3) is 5.91 Å². The van der Waals surface area contributed by atoms with Crippen molar-refractivity contribution in [3.63, 3.8) is 0 Å². The van der Waals surface area contributed by atoms with E-state index in [1.807, 2.05) is 37.3 Å². The van der Waals surface area contributed by atoms with Crippen molar-refractivity contribution in [3.8, 4) is 0 Å². The zero-order valence-electron chi connectivity index (χ0n) is 11.4. The van der Waals surface area contributed by atoms with Crippen LogP contribution in [0.25, 0.3) is 0 Å². The molecule has 1 heterocycles. The van der Waals surface area contributed by atoms with E-state index in [4.69, 9.17) is 10.5 Å². The van der Waals surface area contributed by atoms with Crippen molar-refractivity contribution in [1.29, 1.82) is 0 Å². The van der Waals surface area contributed by atoms with Gasteiger partial charge in [-0.1, -0.05) is 30.3 Å². The van der Waals surface area contributed by atoms with Crippen LogP contribution in [-0.2, 0) is 9.53 Å². The first kappa shape index (κ1) is 14.0. The number of rotatable bonds is 5. The Balaban J connectivity index is 1.76. The van der Waals surface area contributed by atoms with Crippen LogP contribution >= 0.6 is 0 Å². The molecule has 1 fully saturated rings. The minimum absolute atomic E-state index is 0.0229. The third kappa shape index (κ3) is 3.55. The molecule has 1 aromatic carbocycles. The quantitative estimate of drug-likeness (QED) is 0.850. The van der Waals surface area contributed by atoms with Gasteiger partial charge < -0.3 is 15.8 Å². The number of nitrogens with one attached hydrogen (secondary N) is 1. The Morgan fingerprint density at radius 2 is 2.21 bits per heavy atom. The summed E-state index contributed by atoms with van der Waals surface area (Å²) in [5, 5.41) is 2.92. The Kier molecular flexibility index (Phi) is 4.56. The molecule has 3 N–H and O–H groups in total. The smallest absolute Gasteiger partial charge is 0.251 e. The Morgan fingerprint density at radius 1 is 1.47 bits per heavy atom. The molecular formula is C15H22N2O2. The van der Waals surface area contributed by atoms with Crippen molar-refractivity contribution in [2.45, 2.75) is 37.8 Å². The minimum Gasteiger partial charge on any atom is -0.365 e. The monoisotopic (exact) mass is 262 g/mol. The molecule has 0 radical (unpaired) electrons. The van der Waals surface area contributed by atoms with Crippen molar-refractivity contribution in [3.05, 3.63) is 35.9 Å². The fraction of sp³-hybridized carbons (Fsp3) is 0.533. The summed E-state index contributed by atoms with van der Waals surface area (Å²) in [5.74, 6) is -0.0229. The summed E-state index contributed by atoms with van der Waals surface area (Å²) in [5.41, 5.74) is 6.54. The van der Waals surface area contributed by atoms with Gasteiger partial charge in [0.2, 0.25) is 0 Å². The fourth-order valence-electron chi connectivity index (χ4n) is 2.35. The van der Waals surface area contributed by atoms with Gasteiger partial charge in [0.05, 0.1) is 0 Å². The van der Waals surface area contributed by atoms with E-state index in [1.165, 1.54) is 0 Å². The molecule has 2 atom stereocenters. The lowest BCUT2D eigenvalue weighted by atomic mass is 10.0. The van der Waals surface area contributed by atoms with E-state index >= 15 is 0 Å². The molecule has 4 nitrogen and oxygen atoms in total. The van der Waals surface area contributed by atoms with Crippen LogP contribution in [0.4, 0.5) is 0 Å². The average molecular weight is 262 g/mol. The number of hydrogen-bond acceptors (Lipinski definition) is 3. The summed E-state index contributed by atoms with van der Waals surface area (Å²) in [6, 6.07) is 9.89. The first-order chi connectivity index (χ1) is 9.12. The standard InChI is InChI=1S/C15H22N2O2/c1-15(9-5-11-19-15)14(18)17-10-8-13(16)12-6-3-2-4-7-12/h2-4,6-7,13H,5,8-11,16H2,1H3,(H,17,18). The normalized spacial score (nSPS) is 24.1. The highest BCUT2D eigenvalue weighted by Gasteiger charge is 2.37. The molecule has 104 valence electrons. The first-order valence-electron chi connectivity index (χ1n) is 6.84. The fourth-order valence-corrected chi connectivity index (χ4v) is 2.35. The van der Waals surface area contributed by atoms with Crippen molar-refractivity contribution in [2.24, 2.45) is 5.73 Å². The highest BCUT2D eigenvalue weighted by Crippen LogP contribution is 2.25. The molecule has 1 aromatic rings. The van der Waals surface area contributed by atoms with Crippen LogP contribution in [0.5, 0.6) is 0 Å². The Morgan fingerprint density at radius 3 is 2.84 bits per heavy atom. The lowest BCUT2D eigenvalue weighted by Crippen LogP contribution is -2.44. The van der Waals surface area contributed by atoms with Gasteiger partial charge in [0.15, 0.2) is 0 Å². The lowest BCUT2D eigenvalue weighted by molar-refractivity contribution is -0.139. The highest BCUT2D eigenvalue weighted by molar-refractivity contribution is 5.84. The SMILES string of the molecule is CC1(C(=O)NCCC(N)c2ccccc2)CCCO1. The second kappa shape index (κ2) is 6.17. The molecule has 0 saturated carbocycles. The van der Waals surface area contributed by atoms with Crippen LogP contribution in [0.1, 0.15) is 37.8 Å². The van der Waals surface area contributed by atoms with Crippen molar-refractivity contribution in [2.75, 3.05) is 13.2 Å². The number of nitrogens with two attached hydrogens (primary N) is 1. The van der Waals surface area contributed by atoms with Crippen molar-refractivity contribution < 1.29 is 9.53 Å². The second-order valence-electron chi connectivity index (χ2n) is 5.24. The summed E-state index contributed by atoms with van der Waals surface area (Å²) in [6.45, 7) is 3.10. The number of ether oxygens (including phenoxy) is 1. The molecule has 4 heteroatoms. The first-order valence-corrected chi connectivity index (χ1v) is 6.84. The van der Waals surface area contributed by atoms with E-state index < -0.39 is 5.60 Å². The van der Waals surface area contributed by atoms with Crippen LogP contribution in [0.3, 0.4) is 0 Å². The molecule has 19 heavy (non-hydrogen) atoms. The van der Waals surface area contributed by atoms with Crippen LogP contribution in [0.15, 0.2) is 30.3 Å². The molecule has 1 aliphatic heterocycles. The van der Waals surface area contributed by atoms with Crippen LogP contribution in [0, 0.1) is 0 Å². The topological polar surface area (TPSA) is 64.4 Å². The molecule has 2 rings (SSSR count). The molecule has 0 aliphatic carbocycles. The van der Waals surface area contributed by atoms with E-state index in [2.05, 4.69) is 5.32 Å². The molecule has 1 saturated heterocycles. The number of benzene rings is 1. The van der Waals surface area contributed by atoms with E-state index in [-0.39, 0.29) is 11.9 Å². The summed E-state index contributed by atoms with van der Waals surface area (Å²) >= 11 is 0. The molecule has 2 unspecified atom stereocenters. The molecular weight excluding hydrogens is 240 g/mol. The van der Waals surface area contributed by atoms with E-state index in [0.29, 0.717) is 13.2 Å².